The second kappa shape index (κ2) is 4.50. The van der Waals surface area contributed by atoms with Gasteiger partial charge in [0.15, 0.2) is 0 Å². The molecule has 98 valence electrons. The molecule has 0 spiro atoms. The van der Waals surface area contributed by atoms with Gasteiger partial charge in [-0.1, -0.05) is 55.5 Å². The summed E-state index contributed by atoms with van der Waals surface area (Å²) in [5.74, 6) is 0. The van der Waals surface area contributed by atoms with Crippen molar-refractivity contribution in [2.45, 2.75) is 38.8 Å². The molecule has 1 nitrogen and oxygen atoms in total. The summed E-state index contributed by atoms with van der Waals surface area (Å²) in [7, 11) is 0. The lowest BCUT2D eigenvalue weighted by Crippen LogP contribution is -2.40. The number of rotatable bonds is 3. The van der Waals surface area contributed by atoms with Crippen molar-refractivity contribution in [3.63, 3.8) is 0 Å². The summed E-state index contributed by atoms with van der Waals surface area (Å²) < 4.78 is 0. The lowest BCUT2D eigenvalue weighted by molar-refractivity contribution is 0.351. The van der Waals surface area contributed by atoms with Crippen molar-refractivity contribution in [2.24, 2.45) is 0 Å². The topological polar surface area (TPSA) is 12.0 Å². The lowest BCUT2D eigenvalue weighted by Gasteiger charge is -2.30. The largest absolute Gasteiger partial charge is 0.301 e. The molecule has 0 heterocycles. The van der Waals surface area contributed by atoms with Gasteiger partial charge in [0.1, 0.15) is 0 Å². The third kappa shape index (κ3) is 2.08. The van der Waals surface area contributed by atoms with Crippen molar-refractivity contribution in [2.75, 3.05) is 0 Å². The zero-order valence-corrected chi connectivity index (χ0v) is 11.9. The highest BCUT2D eigenvalue weighted by molar-refractivity contribution is 5.78. The van der Waals surface area contributed by atoms with Gasteiger partial charge in [0.2, 0.25) is 0 Å². The molecule has 0 bridgehead atoms. The molecule has 0 saturated carbocycles. The maximum Gasteiger partial charge on any atom is 0.0593 e. The summed E-state index contributed by atoms with van der Waals surface area (Å²) in [5, 5.41) is 3.82. The standard InChI is InChI=1S/C18H21N/c1-4-18(2,3)19-17-15-11-7-5-9-13(15)14-10-6-8-12-16(14)17/h5-12,17,19H,4H2,1-3H3. The Balaban J connectivity index is 2.10. The molecular weight excluding hydrogens is 230 g/mol. The Morgan fingerprint density at radius 2 is 1.37 bits per heavy atom. The van der Waals surface area contributed by atoms with Crippen LogP contribution in [0, 0.1) is 0 Å². The fraction of sp³-hybridized carbons (Fsp3) is 0.333. The van der Waals surface area contributed by atoms with Gasteiger partial charge in [0.25, 0.3) is 0 Å². The maximum atomic E-state index is 3.82. The van der Waals surface area contributed by atoms with Crippen LogP contribution in [0.4, 0.5) is 0 Å². The molecule has 0 radical (unpaired) electrons. The van der Waals surface area contributed by atoms with E-state index in [1.807, 2.05) is 0 Å². The minimum Gasteiger partial charge on any atom is -0.301 e. The predicted octanol–water partition coefficient (Wildman–Crippen LogP) is 4.53. The molecule has 3 rings (SSSR count). The third-order valence-electron chi connectivity index (χ3n) is 4.25. The van der Waals surface area contributed by atoms with Crippen molar-refractivity contribution in [3.05, 3.63) is 59.7 Å². The zero-order valence-electron chi connectivity index (χ0n) is 11.9. The maximum absolute atomic E-state index is 3.82. The number of benzene rings is 2. The summed E-state index contributed by atoms with van der Waals surface area (Å²) in [6.45, 7) is 6.78. The number of fused-ring (bicyclic) bond motifs is 3. The quantitative estimate of drug-likeness (QED) is 0.844. The third-order valence-corrected chi connectivity index (χ3v) is 4.25. The molecule has 1 heteroatoms. The number of hydrogen-bond acceptors (Lipinski definition) is 1. The van der Waals surface area contributed by atoms with Crippen LogP contribution in [0.15, 0.2) is 48.5 Å². The summed E-state index contributed by atoms with van der Waals surface area (Å²) in [6.07, 6.45) is 1.12. The summed E-state index contributed by atoms with van der Waals surface area (Å²) in [5.41, 5.74) is 5.72. The van der Waals surface area contributed by atoms with Crippen LogP contribution in [0.2, 0.25) is 0 Å². The minimum atomic E-state index is 0.148. The highest BCUT2D eigenvalue weighted by Gasteiger charge is 2.31. The van der Waals surface area contributed by atoms with Crippen molar-refractivity contribution in [1.82, 2.24) is 5.32 Å². The molecule has 1 aliphatic rings. The van der Waals surface area contributed by atoms with E-state index in [2.05, 4.69) is 74.6 Å². The molecule has 0 unspecified atom stereocenters. The Labute approximate surface area is 115 Å². The Bertz CT molecular complexity index is 553. The first kappa shape index (κ1) is 12.4. The molecular formula is C18H21N. The molecule has 0 saturated heterocycles. The SMILES string of the molecule is CCC(C)(C)NC1c2ccccc2-c2ccccc21. The van der Waals surface area contributed by atoms with E-state index >= 15 is 0 Å². The highest BCUT2D eigenvalue weighted by Crippen LogP contribution is 2.43. The van der Waals surface area contributed by atoms with Crippen LogP contribution < -0.4 is 5.32 Å². The van der Waals surface area contributed by atoms with Gasteiger partial charge in [0, 0.05) is 5.54 Å². The lowest BCUT2D eigenvalue weighted by atomic mass is 9.96. The summed E-state index contributed by atoms with van der Waals surface area (Å²) in [6, 6.07) is 17.8. The van der Waals surface area contributed by atoms with Crippen LogP contribution in [-0.2, 0) is 0 Å². The average molecular weight is 251 g/mol. The van der Waals surface area contributed by atoms with E-state index in [-0.39, 0.29) is 5.54 Å². The molecule has 0 atom stereocenters. The van der Waals surface area contributed by atoms with Gasteiger partial charge in [-0.15, -0.1) is 0 Å². The van der Waals surface area contributed by atoms with Crippen LogP contribution in [0.3, 0.4) is 0 Å². The molecule has 1 N–H and O–H groups in total. The molecule has 1 aliphatic carbocycles. The van der Waals surface area contributed by atoms with E-state index in [4.69, 9.17) is 0 Å². The van der Waals surface area contributed by atoms with Crippen molar-refractivity contribution in [3.8, 4) is 11.1 Å². The highest BCUT2D eigenvalue weighted by atomic mass is 15.0. The van der Waals surface area contributed by atoms with Crippen molar-refractivity contribution in [1.29, 1.82) is 0 Å². The normalized spacial score (nSPS) is 14.3. The van der Waals surface area contributed by atoms with Gasteiger partial charge < -0.3 is 5.32 Å². The van der Waals surface area contributed by atoms with E-state index in [0.29, 0.717) is 6.04 Å². The van der Waals surface area contributed by atoms with E-state index in [9.17, 15) is 0 Å². The van der Waals surface area contributed by atoms with Gasteiger partial charge in [0.05, 0.1) is 6.04 Å². The zero-order chi connectivity index (χ0) is 13.5. The van der Waals surface area contributed by atoms with Gasteiger partial charge in [-0.05, 0) is 42.5 Å². The molecule has 19 heavy (non-hydrogen) atoms. The molecule has 0 aromatic heterocycles. The smallest absolute Gasteiger partial charge is 0.0593 e. The van der Waals surface area contributed by atoms with E-state index in [1.165, 1.54) is 22.3 Å². The van der Waals surface area contributed by atoms with Crippen LogP contribution in [-0.4, -0.2) is 5.54 Å². The Kier molecular flexibility index (Phi) is 2.94. The number of nitrogens with one attached hydrogen (secondary N) is 1. The monoisotopic (exact) mass is 251 g/mol. The first-order chi connectivity index (χ1) is 9.12. The second-order valence-corrected chi connectivity index (χ2v) is 5.99. The summed E-state index contributed by atoms with van der Waals surface area (Å²) in [4.78, 5) is 0. The van der Waals surface area contributed by atoms with Gasteiger partial charge >= 0.3 is 0 Å². The first-order valence-corrected chi connectivity index (χ1v) is 7.08. The van der Waals surface area contributed by atoms with Crippen molar-refractivity contribution < 1.29 is 0 Å². The van der Waals surface area contributed by atoms with Gasteiger partial charge in [-0.3, -0.25) is 0 Å². The van der Waals surface area contributed by atoms with Gasteiger partial charge in [-0.2, -0.15) is 0 Å². The van der Waals surface area contributed by atoms with E-state index < -0.39 is 0 Å². The molecule has 0 amide bonds. The van der Waals surface area contributed by atoms with Crippen LogP contribution >= 0.6 is 0 Å². The Morgan fingerprint density at radius 1 is 0.895 bits per heavy atom. The minimum absolute atomic E-state index is 0.148. The van der Waals surface area contributed by atoms with E-state index in [1.54, 1.807) is 0 Å². The average Bonchev–Trinajstić information content (AvgIpc) is 2.74. The predicted molar refractivity (Wildman–Crippen MR) is 81.2 cm³/mol. The van der Waals surface area contributed by atoms with Gasteiger partial charge in [-0.25, -0.2) is 0 Å². The first-order valence-electron chi connectivity index (χ1n) is 7.08. The Morgan fingerprint density at radius 3 is 1.84 bits per heavy atom. The molecule has 0 fully saturated rings. The van der Waals surface area contributed by atoms with Crippen LogP contribution in [0.1, 0.15) is 44.4 Å². The van der Waals surface area contributed by atoms with E-state index in [0.717, 1.165) is 6.42 Å². The molecule has 2 aromatic rings. The summed E-state index contributed by atoms with van der Waals surface area (Å²) >= 11 is 0. The van der Waals surface area contributed by atoms with Crippen LogP contribution in [0.25, 0.3) is 11.1 Å². The number of hydrogen-bond donors (Lipinski definition) is 1. The molecule has 2 aromatic carbocycles. The van der Waals surface area contributed by atoms with Crippen molar-refractivity contribution >= 4 is 0 Å². The fourth-order valence-electron chi connectivity index (χ4n) is 2.80. The second-order valence-electron chi connectivity index (χ2n) is 5.99. The molecule has 0 aliphatic heterocycles. The van der Waals surface area contributed by atoms with Crippen LogP contribution in [0.5, 0.6) is 0 Å². The fourth-order valence-corrected chi connectivity index (χ4v) is 2.80. The Hall–Kier alpha value is -1.60.